The van der Waals surface area contributed by atoms with E-state index in [1.807, 2.05) is 55.5 Å². The van der Waals surface area contributed by atoms with Gasteiger partial charge in [0.05, 0.1) is 23.2 Å². The number of nitrogens with two attached hydrogens (primary N) is 1. The van der Waals surface area contributed by atoms with Gasteiger partial charge in [-0.3, -0.25) is 0 Å². The molecule has 1 heterocycles. The van der Waals surface area contributed by atoms with Crippen LogP contribution in [0.4, 0.5) is 11.6 Å². The number of nitrogens with one attached hydrogen (secondary N) is 2. The van der Waals surface area contributed by atoms with Crippen LogP contribution in [0.15, 0.2) is 48.5 Å². The largest absolute Gasteiger partial charge is 0.399 e. The van der Waals surface area contributed by atoms with Crippen LogP contribution in [0.2, 0.25) is 0 Å². The average molecular weight is 282 g/mol. The van der Waals surface area contributed by atoms with Gasteiger partial charge in [0.2, 0.25) is 5.95 Å². The van der Waals surface area contributed by atoms with Gasteiger partial charge in [0.25, 0.3) is 0 Å². The lowest BCUT2D eigenvalue weighted by Crippen LogP contribution is -2.36. The molecule has 1 unspecified atom stereocenters. The minimum atomic E-state index is -0.610. The van der Waals surface area contributed by atoms with Gasteiger partial charge in [-0.25, -0.2) is 4.98 Å². The summed E-state index contributed by atoms with van der Waals surface area (Å²) < 4.78 is 0. The fraction of sp³-hybridized carbons (Fsp3) is 0.188. The predicted molar refractivity (Wildman–Crippen MR) is 85.0 cm³/mol. The second-order valence-corrected chi connectivity index (χ2v) is 5.34. The minimum Gasteiger partial charge on any atom is -0.399 e. The van der Waals surface area contributed by atoms with Crippen LogP contribution in [0.3, 0.4) is 0 Å². The molecule has 5 N–H and O–H groups in total. The molecule has 0 aliphatic rings. The molecule has 21 heavy (non-hydrogen) atoms. The van der Waals surface area contributed by atoms with E-state index in [1.54, 1.807) is 0 Å². The number of H-pyrrole nitrogens is 1. The fourth-order valence-corrected chi connectivity index (χ4v) is 2.36. The van der Waals surface area contributed by atoms with Crippen LogP contribution < -0.4 is 11.1 Å². The van der Waals surface area contributed by atoms with Crippen LogP contribution in [0, 0.1) is 0 Å². The lowest BCUT2D eigenvalue weighted by Gasteiger charge is -2.29. The monoisotopic (exact) mass is 282 g/mol. The Hall–Kier alpha value is -2.53. The third-order valence-electron chi connectivity index (χ3n) is 3.63. The van der Waals surface area contributed by atoms with Gasteiger partial charge in [0.15, 0.2) is 0 Å². The van der Waals surface area contributed by atoms with E-state index in [1.165, 1.54) is 0 Å². The SMILES string of the molecule is CC(CO)(Nc1nc2ccc(N)cc2[nH]1)c1ccccc1. The van der Waals surface area contributed by atoms with E-state index in [-0.39, 0.29) is 6.61 Å². The summed E-state index contributed by atoms with van der Waals surface area (Å²) in [5.74, 6) is 0.607. The summed E-state index contributed by atoms with van der Waals surface area (Å²) in [5, 5.41) is 13.1. The van der Waals surface area contributed by atoms with Crippen LogP contribution in [0.5, 0.6) is 0 Å². The molecule has 1 aromatic heterocycles. The Labute approximate surface area is 122 Å². The Morgan fingerprint density at radius 2 is 2.00 bits per heavy atom. The molecule has 5 heteroatoms. The van der Waals surface area contributed by atoms with Crippen LogP contribution >= 0.6 is 0 Å². The number of imidazole rings is 1. The van der Waals surface area contributed by atoms with Gasteiger partial charge in [-0.15, -0.1) is 0 Å². The Morgan fingerprint density at radius 1 is 1.24 bits per heavy atom. The van der Waals surface area contributed by atoms with Crippen molar-refractivity contribution in [2.45, 2.75) is 12.5 Å². The molecule has 0 aliphatic carbocycles. The van der Waals surface area contributed by atoms with Crippen molar-refractivity contribution < 1.29 is 5.11 Å². The molecule has 0 aliphatic heterocycles. The number of hydrogen-bond donors (Lipinski definition) is 4. The van der Waals surface area contributed by atoms with Gasteiger partial charge in [-0.2, -0.15) is 0 Å². The van der Waals surface area contributed by atoms with E-state index < -0.39 is 5.54 Å². The first-order chi connectivity index (χ1) is 10.1. The number of aromatic amines is 1. The lowest BCUT2D eigenvalue weighted by molar-refractivity contribution is 0.223. The highest BCUT2D eigenvalue weighted by molar-refractivity contribution is 5.80. The molecule has 0 spiro atoms. The summed E-state index contributed by atoms with van der Waals surface area (Å²) in [6.45, 7) is 1.89. The summed E-state index contributed by atoms with van der Waals surface area (Å²) >= 11 is 0. The fourth-order valence-electron chi connectivity index (χ4n) is 2.36. The molecule has 108 valence electrons. The highest BCUT2D eigenvalue weighted by Crippen LogP contribution is 2.26. The smallest absolute Gasteiger partial charge is 0.201 e. The van der Waals surface area contributed by atoms with Crippen molar-refractivity contribution in [1.82, 2.24) is 9.97 Å². The molecule has 0 fully saturated rings. The highest BCUT2D eigenvalue weighted by Gasteiger charge is 2.26. The third-order valence-corrected chi connectivity index (χ3v) is 3.63. The van der Waals surface area contributed by atoms with Crippen LogP contribution in [0.1, 0.15) is 12.5 Å². The number of hydrogen-bond acceptors (Lipinski definition) is 4. The second kappa shape index (κ2) is 5.10. The molecule has 5 nitrogen and oxygen atoms in total. The maximum atomic E-state index is 9.79. The number of benzene rings is 2. The molecule has 3 rings (SSSR count). The Kier molecular flexibility index (Phi) is 3.27. The Balaban J connectivity index is 1.95. The number of nitrogens with zero attached hydrogens (tertiary/aromatic N) is 1. The first-order valence-corrected chi connectivity index (χ1v) is 6.80. The summed E-state index contributed by atoms with van der Waals surface area (Å²) in [6.07, 6.45) is 0. The number of aromatic nitrogens is 2. The Morgan fingerprint density at radius 3 is 2.71 bits per heavy atom. The van der Waals surface area contributed by atoms with Gasteiger partial charge >= 0.3 is 0 Å². The van der Waals surface area contributed by atoms with E-state index in [9.17, 15) is 5.11 Å². The van der Waals surface area contributed by atoms with E-state index in [0.717, 1.165) is 16.6 Å². The van der Waals surface area contributed by atoms with E-state index in [0.29, 0.717) is 11.6 Å². The van der Waals surface area contributed by atoms with Crippen LogP contribution in [-0.2, 0) is 5.54 Å². The number of anilines is 2. The molecular weight excluding hydrogens is 264 g/mol. The van der Waals surface area contributed by atoms with Gasteiger partial charge in [0.1, 0.15) is 0 Å². The molecule has 0 amide bonds. The third kappa shape index (κ3) is 2.55. The van der Waals surface area contributed by atoms with Crippen molar-refractivity contribution in [2.24, 2.45) is 0 Å². The van der Waals surface area contributed by atoms with Gasteiger partial charge < -0.3 is 21.1 Å². The van der Waals surface area contributed by atoms with Crippen molar-refractivity contribution in [3.8, 4) is 0 Å². The maximum Gasteiger partial charge on any atom is 0.201 e. The van der Waals surface area contributed by atoms with Gasteiger partial charge in [-0.05, 0) is 30.7 Å². The average Bonchev–Trinajstić information content (AvgIpc) is 2.89. The quantitative estimate of drug-likeness (QED) is 0.554. The van der Waals surface area contributed by atoms with E-state index in [4.69, 9.17) is 5.73 Å². The molecule has 0 radical (unpaired) electrons. The minimum absolute atomic E-state index is 0.0454. The molecule has 0 saturated heterocycles. The standard InChI is InChI=1S/C16H18N4O/c1-16(10-21,11-5-3-2-4-6-11)20-15-18-13-8-7-12(17)9-14(13)19-15/h2-9,21H,10,17H2,1H3,(H2,18,19,20). The zero-order chi connectivity index (χ0) is 14.9. The number of aliphatic hydroxyl groups excluding tert-OH is 1. The maximum absolute atomic E-state index is 9.79. The molecule has 2 aromatic carbocycles. The summed E-state index contributed by atoms with van der Waals surface area (Å²) in [7, 11) is 0. The van der Waals surface area contributed by atoms with E-state index >= 15 is 0 Å². The van der Waals surface area contributed by atoms with Crippen molar-refractivity contribution >= 4 is 22.7 Å². The molecule has 0 bridgehead atoms. The van der Waals surface area contributed by atoms with Crippen molar-refractivity contribution in [3.05, 3.63) is 54.1 Å². The molecule has 3 aromatic rings. The molecule has 0 saturated carbocycles. The van der Waals surface area contributed by atoms with Crippen LogP contribution in [-0.4, -0.2) is 21.7 Å². The first-order valence-electron chi connectivity index (χ1n) is 6.80. The summed E-state index contributed by atoms with van der Waals surface area (Å²) in [6, 6.07) is 15.3. The topological polar surface area (TPSA) is 87.0 Å². The molecule has 1 atom stereocenters. The predicted octanol–water partition coefficient (Wildman–Crippen LogP) is 2.46. The lowest BCUT2D eigenvalue weighted by atomic mass is 9.93. The zero-order valence-electron chi connectivity index (χ0n) is 11.8. The van der Waals surface area contributed by atoms with Crippen molar-refractivity contribution in [2.75, 3.05) is 17.7 Å². The van der Waals surface area contributed by atoms with E-state index in [2.05, 4.69) is 15.3 Å². The van der Waals surface area contributed by atoms with Crippen molar-refractivity contribution in [3.63, 3.8) is 0 Å². The summed E-state index contributed by atoms with van der Waals surface area (Å²) in [5.41, 5.74) is 8.54. The van der Waals surface area contributed by atoms with Crippen molar-refractivity contribution in [1.29, 1.82) is 0 Å². The molecular formula is C16H18N4O. The first kappa shape index (κ1) is 13.5. The number of aliphatic hydroxyl groups is 1. The highest BCUT2D eigenvalue weighted by atomic mass is 16.3. The Bertz CT molecular complexity index is 753. The normalized spacial score (nSPS) is 14.0. The van der Waals surface area contributed by atoms with Crippen LogP contribution in [0.25, 0.3) is 11.0 Å². The second-order valence-electron chi connectivity index (χ2n) is 5.34. The number of rotatable bonds is 4. The van der Waals surface area contributed by atoms with Gasteiger partial charge in [-0.1, -0.05) is 30.3 Å². The van der Waals surface area contributed by atoms with Gasteiger partial charge in [0, 0.05) is 5.69 Å². The zero-order valence-corrected chi connectivity index (χ0v) is 11.8. The summed E-state index contributed by atoms with van der Waals surface area (Å²) in [4.78, 5) is 7.66. The number of nitrogen functional groups attached to an aromatic ring is 1. The number of fused-ring (bicyclic) bond motifs is 1.